The number of para-hydroxylation sites is 1. The number of hydrogen-bond acceptors (Lipinski definition) is 4. The van der Waals surface area contributed by atoms with Crippen molar-refractivity contribution in [2.45, 2.75) is 19.4 Å². The SMILES string of the molecule is Cc1ccc(C(Cc2nn(C)c3ccccc23)NN)o1. The largest absolute Gasteiger partial charge is 0.465 e. The molecule has 5 nitrogen and oxygen atoms in total. The van der Waals surface area contributed by atoms with Gasteiger partial charge in [0.25, 0.3) is 0 Å². The Morgan fingerprint density at radius 1 is 1.30 bits per heavy atom. The number of benzene rings is 1. The number of nitrogens with one attached hydrogen (secondary N) is 1. The zero-order chi connectivity index (χ0) is 14.1. The molecule has 2 aromatic heterocycles. The van der Waals surface area contributed by atoms with Crippen molar-refractivity contribution in [3.63, 3.8) is 0 Å². The van der Waals surface area contributed by atoms with E-state index in [2.05, 4.69) is 22.7 Å². The summed E-state index contributed by atoms with van der Waals surface area (Å²) in [6.07, 6.45) is 0.685. The van der Waals surface area contributed by atoms with Gasteiger partial charge in [-0.05, 0) is 25.1 Å². The molecule has 0 aliphatic carbocycles. The predicted molar refractivity (Wildman–Crippen MR) is 77.9 cm³/mol. The van der Waals surface area contributed by atoms with Gasteiger partial charge in [0.15, 0.2) is 0 Å². The first-order chi connectivity index (χ1) is 9.69. The molecule has 3 rings (SSSR count). The second-order valence-electron chi connectivity index (χ2n) is 4.96. The van der Waals surface area contributed by atoms with Crippen molar-refractivity contribution >= 4 is 10.9 Å². The number of rotatable bonds is 4. The lowest BCUT2D eigenvalue weighted by Crippen LogP contribution is -2.29. The fourth-order valence-electron chi connectivity index (χ4n) is 2.52. The Bertz CT molecular complexity index is 728. The molecule has 0 spiro atoms. The van der Waals surface area contributed by atoms with Crippen LogP contribution in [0, 0.1) is 6.92 Å². The number of nitrogens with zero attached hydrogens (tertiary/aromatic N) is 2. The number of furan rings is 1. The Balaban J connectivity index is 1.95. The topological polar surface area (TPSA) is 69.0 Å². The van der Waals surface area contributed by atoms with Crippen molar-refractivity contribution in [3.05, 3.63) is 53.6 Å². The predicted octanol–water partition coefficient (Wildman–Crippen LogP) is 2.22. The van der Waals surface area contributed by atoms with Crippen LogP contribution in [0.4, 0.5) is 0 Å². The van der Waals surface area contributed by atoms with E-state index in [-0.39, 0.29) is 6.04 Å². The lowest BCUT2D eigenvalue weighted by atomic mass is 10.1. The highest BCUT2D eigenvalue weighted by Gasteiger charge is 2.18. The van der Waals surface area contributed by atoms with Gasteiger partial charge < -0.3 is 4.42 Å². The molecule has 0 radical (unpaired) electrons. The van der Waals surface area contributed by atoms with Crippen molar-refractivity contribution in [1.82, 2.24) is 15.2 Å². The molecule has 1 aromatic carbocycles. The summed E-state index contributed by atoms with van der Waals surface area (Å²) in [6, 6.07) is 12.0. The number of aromatic nitrogens is 2. The van der Waals surface area contributed by atoms with E-state index >= 15 is 0 Å². The average Bonchev–Trinajstić information content (AvgIpc) is 3.01. The molecule has 0 bridgehead atoms. The minimum atomic E-state index is -0.0815. The second-order valence-corrected chi connectivity index (χ2v) is 4.96. The van der Waals surface area contributed by atoms with E-state index in [0.29, 0.717) is 6.42 Å². The molecule has 0 fully saturated rings. The third-order valence-electron chi connectivity index (χ3n) is 3.54. The maximum atomic E-state index is 5.67. The highest BCUT2D eigenvalue weighted by Crippen LogP contribution is 2.24. The van der Waals surface area contributed by atoms with Crippen LogP contribution in [-0.2, 0) is 13.5 Å². The fourth-order valence-corrected chi connectivity index (χ4v) is 2.52. The van der Waals surface area contributed by atoms with Crippen LogP contribution in [0.25, 0.3) is 10.9 Å². The van der Waals surface area contributed by atoms with Gasteiger partial charge in [0, 0.05) is 18.9 Å². The average molecular weight is 270 g/mol. The van der Waals surface area contributed by atoms with E-state index < -0.39 is 0 Å². The van der Waals surface area contributed by atoms with Gasteiger partial charge >= 0.3 is 0 Å². The normalized spacial score (nSPS) is 12.9. The first kappa shape index (κ1) is 12.9. The van der Waals surface area contributed by atoms with Gasteiger partial charge in [0.1, 0.15) is 11.5 Å². The minimum Gasteiger partial charge on any atom is -0.465 e. The van der Waals surface area contributed by atoms with Crippen LogP contribution in [0.5, 0.6) is 0 Å². The van der Waals surface area contributed by atoms with Gasteiger partial charge in [0.2, 0.25) is 0 Å². The van der Waals surface area contributed by atoms with Crippen molar-refractivity contribution in [1.29, 1.82) is 0 Å². The third-order valence-corrected chi connectivity index (χ3v) is 3.54. The van der Waals surface area contributed by atoms with Crippen molar-refractivity contribution in [2.75, 3.05) is 0 Å². The van der Waals surface area contributed by atoms with Crippen molar-refractivity contribution in [3.8, 4) is 0 Å². The zero-order valence-corrected chi connectivity index (χ0v) is 11.6. The molecule has 2 heterocycles. The summed E-state index contributed by atoms with van der Waals surface area (Å²) in [4.78, 5) is 0. The molecule has 0 aliphatic heterocycles. The van der Waals surface area contributed by atoms with E-state index in [9.17, 15) is 0 Å². The monoisotopic (exact) mass is 270 g/mol. The molecule has 3 N–H and O–H groups in total. The molecule has 0 amide bonds. The Morgan fingerprint density at radius 3 is 2.80 bits per heavy atom. The Kier molecular flexibility index (Phi) is 3.30. The molecule has 3 aromatic rings. The summed E-state index contributed by atoms with van der Waals surface area (Å²) in [5.41, 5.74) is 4.94. The Labute approximate surface area is 117 Å². The van der Waals surface area contributed by atoms with Crippen LogP contribution < -0.4 is 11.3 Å². The van der Waals surface area contributed by atoms with Crippen LogP contribution in [0.1, 0.15) is 23.3 Å². The summed E-state index contributed by atoms with van der Waals surface area (Å²) >= 11 is 0. The zero-order valence-electron chi connectivity index (χ0n) is 11.6. The van der Waals surface area contributed by atoms with E-state index in [1.165, 1.54) is 0 Å². The van der Waals surface area contributed by atoms with Gasteiger partial charge in [-0.25, -0.2) is 5.43 Å². The van der Waals surface area contributed by atoms with Crippen LogP contribution in [0.3, 0.4) is 0 Å². The van der Waals surface area contributed by atoms with Crippen LogP contribution in [0.15, 0.2) is 40.8 Å². The Morgan fingerprint density at radius 2 is 2.10 bits per heavy atom. The molecular formula is C15H18N4O. The van der Waals surface area contributed by atoms with Crippen molar-refractivity contribution < 1.29 is 4.42 Å². The molecule has 0 saturated heterocycles. The van der Waals surface area contributed by atoms with Gasteiger partial charge in [-0.2, -0.15) is 5.10 Å². The van der Waals surface area contributed by atoms with Crippen molar-refractivity contribution in [2.24, 2.45) is 12.9 Å². The maximum absolute atomic E-state index is 5.67. The highest BCUT2D eigenvalue weighted by atomic mass is 16.3. The summed E-state index contributed by atoms with van der Waals surface area (Å²) in [5, 5.41) is 5.74. The first-order valence-corrected chi connectivity index (χ1v) is 6.62. The number of nitrogens with two attached hydrogens (primary N) is 1. The first-order valence-electron chi connectivity index (χ1n) is 6.62. The molecule has 1 unspecified atom stereocenters. The van der Waals surface area contributed by atoms with E-state index in [4.69, 9.17) is 10.3 Å². The van der Waals surface area contributed by atoms with Crippen LogP contribution in [-0.4, -0.2) is 9.78 Å². The van der Waals surface area contributed by atoms with Crippen LogP contribution in [0.2, 0.25) is 0 Å². The number of hydrazine groups is 1. The molecular weight excluding hydrogens is 252 g/mol. The standard InChI is InChI=1S/C15H18N4O/c1-10-7-8-15(20-10)13(17-16)9-12-11-5-3-4-6-14(11)19(2)18-12/h3-8,13,17H,9,16H2,1-2H3. The number of fused-ring (bicyclic) bond motifs is 1. The lowest BCUT2D eigenvalue weighted by molar-refractivity contribution is 0.401. The van der Waals surface area contributed by atoms with E-state index in [1.807, 2.05) is 42.9 Å². The lowest BCUT2D eigenvalue weighted by Gasteiger charge is -2.11. The fraction of sp³-hybridized carbons (Fsp3) is 0.267. The number of hydrogen-bond donors (Lipinski definition) is 2. The Hall–Kier alpha value is -2.11. The van der Waals surface area contributed by atoms with E-state index in [0.717, 1.165) is 28.1 Å². The van der Waals surface area contributed by atoms with Gasteiger partial charge in [-0.1, -0.05) is 18.2 Å². The second kappa shape index (κ2) is 5.11. The van der Waals surface area contributed by atoms with Gasteiger partial charge in [-0.15, -0.1) is 0 Å². The third kappa shape index (κ3) is 2.21. The molecule has 20 heavy (non-hydrogen) atoms. The summed E-state index contributed by atoms with van der Waals surface area (Å²) in [6.45, 7) is 1.92. The quantitative estimate of drug-likeness (QED) is 0.563. The number of aryl methyl sites for hydroxylation is 2. The summed E-state index contributed by atoms with van der Waals surface area (Å²) < 4.78 is 7.55. The molecule has 0 saturated carbocycles. The summed E-state index contributed by atoms with van der Waals surface area (Å²) in [5.74, 6) is 7.38. The smallest absolute Gasteiger partial charge is 0.122 e. The van der Waals surface area contributed by atoms with Crippen LogP contribution >= 0.6 is 0 Å². The summed E-state index contributed by atoms with van der Waals surface area (Å²) in [7, 11) is 1.95. The highest BCUT2D eigenvalue weighted by molar-refractivity contribution is 5.81. The maximum Gasteiger partial charge on any atom is 0.122 e. The van der Waals surface area contributed by atoms with Gasteiger partial charge in [-0.3, -0.25) is 10.5 Å². The van der Waals surface area contributed by atoms with E-state index in [1.54, 1.807) is 0 Å². The van der Waals surface area contributed by atoms with Gasteiger partial charge in [0.05, 0.1) is 17.3 Å². The molecule has 0 aliphatic rings. The minimum absolute atomic E-state index is 0.0815. The molecule has 5 heteroatoms. The molecule has 104 valence electrons. The molecule has 1 atom stereocenters.